The molecule has 0 radical (unpaired) electrons. The summed E-state index contributed by atoms with van der Waals surface area (Å²) in [7, 11) is -3.45. The van der Waals surface area contributed by atoms with Gasteiger partial charge in [-0.2, -0.15) is 0 Å². The molecule has 2 aromatic rings. The summed E-state index contributed by atoms with van der Waals surface area (Å²) < 4.78 is 52.9. The molecule has 0 atom stereocenters. The molecular weight excluding hydrogens is 498 g/mol. The van der Waals surface area contributed by atoms with E-state index in [2.05, 4.69) is 4.72 Å². The highest BCUT2D eigenvalue weighted by atomic mass is 32.2. The summed E-state index contributed by atoms with van der Waals surface area (Å²) in [5, 5.41) is 0. The van der Waals surface area contributed by atoms with E-state index in [9.17, 15) is 26.8 Å². The van der Waals surface area contributed by atoms with Gasteiger partial charge in [-0.1, -0.05) is 12.1 Å². The van der Waals surface area contributed by atoms with E-state index < -0.39 is 34.7 Å². The molecule has 4 aliphatic rings. The highest BCUT2D eigenvalue weighted by Crippen LogP contribution is 2.62. The molecule has 0 aromatic heterocycles. The van der Waals surface area contributed by atoms with Crippen LogP contribution in [0, 0.1) is 11.3 Å². The van der Waals surface area contributed by atoms with Crippen molar-refractivity contribution in [2.75, 3.05) is 22.4 Å². The summed E-state index contributed by atoms with van der Waals surface area (Å²) in [6, 6.07) is 11.7. The maximum absolute atomic E-state index is 13.8. The van der Waals surface area contributed by atoms with Gasteiger partial charge in [0.25, 0.3) is 5.91 Å². The van der Waals surface area contributed by atoms with Gasteiger partial charge in [-0.25, -0.2) is 17.2 Å². The quantitative estimate of drug-likeness (QED) is 0.517. The summed E-state index contributed by atoms with van der Waals surface area (Å²) >= 11 is 0. The van der Waals surface area contributed by atoms with Crippen LogP contribution in [0.15, 0.2) is 42.5 Å². The molecule has 0 unspecified atom stereocenters. The smallest absolute Gasteiger partial charge is 0.258 e. The first kappa shape index (κ1) is 24.5. The van der Waals surface area contributed by atoms with Crippen LogP contribution in [-0.4, -0.2) is 38.8 Å². The Labute approximate surface area is 215 Å². The van der Waals surface area contributed by atoms with E-state index >= 15 is 0 Å². The summed E-state index contributed by atoms with van der Waals surface area (Å²) in [6.45, 7) is 0.493. The average molecular weight is 529 g/mol. The Balaban J connectivity index is 1.31. The predicted octanol–water partition coefficient (Wildman–Crippen LogP) is 5.54. The first-order chi connectivity index (χ1) is 17.4. The molecule has 2 spiro atoms. The van der Waals surface area contributed by atoms with Gasteiger partial charge in [0.2, 0.25) is 15.9 Å². The Hall–Kier alpha value is -2.81. The topological polar surface area (TPSA) is 83.6 Å². The minimum absolute atomic E-state index is 0.248. The number of sulfonamides is 1. The number of fused-ring (bicyclic) bond motifs is 2. The molecule has 1 heterocycles. The van der Waals surface area contributed by atoms with E-state index in [0.29, 0.717) is 23.2 Å². The van der Waals surface area contributed by atoms with Crippen molar-refractivity contribution in [2.24, 2.45) is 11.3 Å². The Morgan fingerprint density at radius 2 is 1.59 bits per heavy atom. The number of anilines is 2. The fourth-order valence-electron chi connectivity index (χ4n) is 6.53. The number of carbonyl (C=O) groups excluding carboxylic acids is 2. The Morgan fingerprint density at radius 1 is 0.946 bits per heavy atom. The number of hydrogen-bond acceptors (Lipinski definition) is 4. The number of Topliss-reactive ketones (excluding diaryl/α,β-unsaturated/α-hetero) is 1. The molecule has 6 rings (SSSR count). The van der Waals surface area contributed by atoms with Crippen LogP contribution in [0.1, 0.15) is 77.6 Å². The monoisotopic (exact) mass is 528 g/mol. The van der Waals surface area contributed by atoms with Crippen molar-refractivity contribution >= 4 is 33.1 Å². The standard InChI is InChI=1S/C28H30F2N2O4S/c1-37(35,36)31-21-5-6-23-22(14-21)27(11-9-26(7-8-26)10-12-27)17-32(23)25(34)19-4-2-3-18(13-19)24(33)20-15-28(29,30)16-20/h2-6,13-14,20,31H,7-12,15-17H2,1H3. The van der Waals surface area contributed by atoms with Crippen LogP contribution in [0.25, 0.3) is 0 Å². The number of ketones is 1. The lowest BCUT2D eigenvalue weighted by Crippen LogP contribution is -2.40. The second kappa shape index (κ2) is 8.09. The minimum Gasteiger partial charge on any atom is -0.307 e. The zero-order chi connectivity index (χ0) is 26.2. The van der Waals surface area contributed by atoms with Crippen LogP contribution < -0.4 is 9.62 Å². The molecule has 3 aliphatic carbocycles. The Morgan fingerprint density at radius 3 is 2.22 bits per heavy atom. The molecule has 0 bridgehead atoms. The summed E-state index contributed by atoms with van der Waals surface area (Å²) in [6.07, 6.45) is 6.77. The Kier molecular flexibility index (Phi) is 5.36. The van der Waals surface area contributed by atoms with E-state index in [0.717, 1.165) is 43.2 Å². The lowest BCUT2D eigenvalue weighted by molar-refractivity contribution is -0.0982. The molecule has 9 heteroatoms. The highest BCUT2D eigenvalue weighted by molar-refractivity contribution is 7.92. The fraction of sp³-hybridized carbons (Fsp3) is 0.500. The van der Waals surface area contributed by atoms with Crippen LogP contribution in [0.3, 0.4) is 0 Å². The van der Waals surface area contributed by atoms with Crippen molar-refractivity contribution in [3.05, 3.63) is 59.2 Å². The molecule has 3 saturated carbocycles. The molecule has 3 fully saturated rings. The second-order valence-electron chi connectivity index (χ2n) is 11.7. The van der Waals surface area contributed by atoms with Gasteiger partial charge < -0.3 is 4.90 Å². The number of alkyl halides is 2. The van der Waals surface area contributed by atoms with Crippen LogP contribution in [0.4, 0.5) is 20.2 Å². The highest BCUT2D eigenvalue weighted by Gasteiger charge is 2.54. The van der Waals surface area contributed by atoms with Crippen LogP contribution in [0.2, 0.25) is 0 Å². The van der Waals surface area contributed by atoms with E-state index in [1.54, 1.807) is 35.2 Å². The van der Waals surface area contributed by atoms with E-state index in [1.807, 2.05) is 6.07 Å². The maximum atomic E-state index is 13.8. The third kappa shape index (κ3) is 4.45. The molecule has 6 nitrogen and oxygen atoms in total. The van der Waals surface area contributed by atoms with Gasteiger partial charge in [0, 0.05) is 53.2 Å². The largest absolute Gasteiger partial charge is 0.307 e. The molecule has 196 valence electrons. The number of carbonyl (C=O) groups is 2. The number of benzene rings is 2. The minimum atomic E-state index is -3.45. The molecule has 0 saturated heterocycles. The van der Waals surface area contributed by atoms with Gasteiger partial charge >= 0.3 is 0 Å². The fourth-order valence-corrected chi connectivity index (χ4v) is 7.09. The second-order valence-corrected chi connectivity index (χ2v) is 13.4. The van der Waals surface area contributed by atoms with Crippen molar-refractivity contribution in [3.8, 4) is 0 Å². The predicted molar refractivity (Wildman–Crippen MR) is 137 cm³/mol. The van der Waals surface area contributed by atoms with Crippen LogP contribution in [-0.2, 0) is 15.4 Å². The van der Waals surface area contributed by atoms with Gasteiger partial charge in [0.15, 0.2) is 5.78 Å². The van der Waals surface area contributed by atoms with Gasteiger partial charge in [0.05, 0.1) is 6.26 Å². The van der Waals surface area contributed by atoms with Crippen molar-refractivity contribution < 1.29 is 26.8 Å². The molecule has 1 amide bonds. The summed E-state index contributed by atoms with van der Waals surface area (Å²) in [5.74, 6) is -4.10. The van der Waals surface area contributed by atoms with Gasteiger partial charge in [-0.3, -0.25) is 14.3 Å². The van der Waals surface area contributed by atoms with Gasteiger partial charge in [-0.05, 0) is 79.8 Å². The van der Waals surface area contributed by atoms with Crippen molar-refractivity contribution in [3.63, 3.8) is 0 Å². The van der Waals surface area contributed by atoms with Crippen molar-refractivity contribution in [1.29, 1.82) is 0 Å². The van der Waals surface area contributed by atoms with Crippen LogP contribution >= 0.6 is 0 Å². The number of hydrogen-bond donors (Lipinski definition) is 1. The van der Waals surface area contributed by atoms with Gasteiger partial charge in [0.1, 0.15) is 0 Å². The summed E-state index contributed by atoms with van der Waals surface area (Å²) in [4.78, 5) is 28.3. The first-order valence-electron chi connectivity index (χ1n) is 12.8. The zero-order valence-corrected chi connectivity index (χ0v) is 21.5. The third-order valence-corrected chi connectivity index (χ3v) is 9.55. The van der Waals surface area contributed by atoms with Crippen molar-refractivity contribution in [2.45, 2.75) is 62.7 Å². The first-order valence-corrected chi connectivity index (χ1v) is 14.7. The summed E-state index contributed by atoms with van der Waals surface area (Å²) in [5.41, 5.74) is 3.03. The Bertz CT molecular complexity index is 1400. The third-order valence-electron chi connectivity index (χ3n) is 8.95. The molecular formula is C28H30F2N2O4S. The molecule has 37 heavy (non-hydrogen) atoms. The van der Waals surface area contributed by atoms with E-state index in [-0.39, 0.29) is 22.7 Å². The van der Waals surface area contributed by atoms with Gasteiger partial charge in [-0.15, -0.1) is 0 Å². The van der Waals surface area contributed by atoms with Crippen LogP contribution in [0.5, 0.6) is 0 Å². The number of nitrogens with one attached hydrogen (secondary N) is 1. The average Bonchev–Trinajstić information content (AvgIpc) is 3.53. The molecule has 1 N–H and O–H groups in total. The van der Waals surface area contributed by atoms with E-state index in [4.69, 9.17) is 0 Å². The lowest BCUT2D eigenvalue weighted by Gasteiger charge is -2.38. The number of rotatable bonds is 5. The SMILES string of the molecule is CS(=O)(=O)Nc1ccc2c(c1)C1(CCC3(CC3)CC1)CN2C(=O)c1cccc(C(=O)C2CC(F)(F)C2)c1. The normalized spacial score (nSPS) is 22.9. The molecule has 1 aliphatic heterocycles. The number of halogens is 2. The number of nitrogens with zero attached hydrogens (tertiary/aromatic N) is 1. The number of amides is 1. The molecule has 2 aromatic carbocycles. The van der Waals surface area contributed by atoms with Crippen molar-refractivity contribution in [1.82, 2.24) is 0 Å². The zero-order valence-electron chi connectivity index (χ0n) is 20.7. The van der Waals surface area contributed by atoms with E-state index in [1.165, 1.54) is 18.9 Å². The maximum Gasteiger partial charge on any atom is 0.258 e. The lowest BCUT2D eigenvalue weighted by atomic mass is 9.66.